The van der Waals surface area contributed by atoms with Gasteiger partial charge in [0.2, 0.25) is 10.0 Å². The third kappa shape index (κ3) is 5.40. The van der Waals surface area contributed by atoms with Crippen molar-refractivity contribution < 1.29 is 27.5 Å². The molecule has 214 valence electrons. The Kier molecular flexibility index (Phi) is 7.19. The molecule has 1 aliphatic heterocycles. The van der Waals surface area contributed by atoms with Crippen LogP contribution in [-0.2, 0) is 22.9 Å². The second-order valence-corrected chi connectivity index (χ2v) is 13.0. The molecule has 1 atom stereocenters. The molecule has 2 aromatic carbocycles. The molecule has 2 aliphatic carbocycles. The fourth-order valence-electron chi connectivity index (χ4n) is 6.08. The number of amides is 2. The highest BCUT2D eigenvalue weighted by Crippen LogP contribution is 2.49. The largest absolute Gasteiger partial charge is 0.507 e. The Balaban J connectivity index is 1.23. The summed E-state index contributed by atoms with van der Waals surface area (Å²) < 4.78 is 34.3. The zero-order chi connectivity index (χ0) is 28.7. The third-order valence-electron chi connectivity index (χ3n) is 8.28. The molecule has 6 rings (SSSR count). The first-order valence-electron chi connectivity index (χ1n) is 14.2. The van der Waals surface area contributed by atoms with Gasteiger partial charge in [0.25, 0.3) is 11.8 Å². The maximum atomic E-state index is 13.2. The Bertz CT molecular complexity index is 1660. The number of sulfonamides is 1. The Morgan fingerprint density at radius 1 is 0.927 bits per heavy atom. The van der Waals surface area contributed by atoms with Crippen molar-refractivity contribution in [3.05, 3.63) is 92.5 Å². The molecule has 9 nitrogen and oxygen atoms in total. The van der Waals surface area contributed by atoms with Crippen LogP contribution in [0.25, 0.3) is 0 Å². The summed E-state index contributed by atoms with van der Waals surface area (Å²) in [5, 5.41) is 11.3. The maximum absolute atomic E-state index is 13.2. The number of benzene rings is 2. The van der Waals surface area contributed by atoms with Crippen molar-refractivity contribution in [3.8, 4) is 5.75 Å². The predicted molar refractivity (Wildman–Crippen MR) is 153 cm³/mol. The van der Waals surface area contributed by atoms with Crippen molar-refractivity contribution in [2.24, 2.45) is 5.92 Å². The summed E-state index contributed by atoms with van der Waals surface area (Å²) in [7, 11) is -3.93. The van der Waals surface area contributed by atoms with Crippen LogP contribution in [0.2, 0.25) is 0 Å². The molecule has 1 unspecified atom stereocenters. The van der Waals surface area contributed by atoms with Crippen LogP contribution >= 0.6 is 0 Å². The number of carbonyl (C=O) groups excluding carboxylic acids is 2. The summed E-state index contributed by atoms with van der Waals surface area (Å²) in [6, 6.07) is 13.2. The highest BCUT2D eigenvalue weighted by molar-refractivity contribution is 7.92. The van der Waals surface area contributed by atoms with Crippen LogP contribution in [0, 0.1) is 5.92 Å². The topological polar surface area (TPSA) is 134 Å². The summed E-state index contributed by atoms with van der Waals surface area (Å²) >= 11 is 0. The standard InChI is InChI=1S/C31H32N2O7S/c34-28-24-12-3-1-2-4-13-25(24)40-31(37)27(28)26(19-14-15-19)20-8-7-9-21(18-20)32-41(38,39)17-16-33-29(35)22-10-5-6-11-23(22)30(33)36/h5-11,18-19,26,32,34H,1-4,12-17H2. The van der Waals surface area contributed by atoms with Crippen molar-refractivity contribution >= 4 is 27.5 Å². The Morgan fingerprint density at radius 3 is 2.29 bits per heavy atom. The number of rotatable bonds is 8. The number of nitrogens with one attached hydrogen (secondary N) is 1. The normalized spacial score (nSPS) is 17.9. The van der Waals surface area contributed by atoms with E-state index in [-0.39, 0.29) is 34.9 Å². The Labute approximate surface area is 238 Å². The average Bonchev–Trinajstić information content (AvgIpc) is 3.73. The zero-order valence-electron chi connectivity index (χ0n) is 22.6. The van der Waals surface area contributed by atoms with Crippen LogP contribution in [0.3, 0.4) is 0 Å². The van der Waals surface area contributed by atoms with E-state index < -0.39 is 39.1 Å². The molecule has 0 radical (unpaired) electrons. The van der Waals surface area contributed by atoms with Crippen LogP contribution in [0.1, 0.15) is 87.6 Å². The number of imide groups is 1. The second kappa shape index (κ2) is 10.8. The molecule has 1 aromatic heterocycles. The summed E-state index contributed by atoms with van der Waals surface area (Å²) in [4.78, 5) is 39.4. The average molecular weight is 577 g/mol. The van der Waals surface area contributed by atoms with Crippen molar-refractivity contribution in [2.75, 3.05) is 17.0 Å². The van der Waals surface area contributed by atoms with Gasteiger partial charge in [-0.05, 0) is 67.9 Å². The number of aromatic hydroxyl groups is 1. The van der Waals surface area contributed by atoms with E-state index in [0.29, 0.717) is 29.9 Å². The summed E-state index contributed by atoms with van der Waals surface area (Å²) in [5.41, 5.74) is 1.97. The molecule has 1 saturated carbocycles. The van der Waals surface area contributed by atoms with E-state index in [1.54, 1.807) is 42.5 Å². The summed E-state index contributed by atoms with van der Waals surface area (Å²) in [5.74, 6) is -1.19. The van der Waals surface area contributed by atoms with Crippen molar-refractivity contribution in [1.29, 1.82) is 0 Å². The van der Waals surface area contributed by atoms with Crippen LogP contribution in [0.15, 0.2) is 57.7 Å². The number of carbonyl (C=O) groups is 2. The molecule has 3 aromatic rings. The van der Waals surface area contributed by atoms with Gasteiger partial charge in [0.1, 0.15) is 11.5 Å². The van der Waals surface area contributed by atoms with Gasteiger partial charge in [0, 0.05) is 30.1 Å². The molecule has 41 heavy (non-hydrogen) atoms. The van der Waals surface area contributed by atoms with Crippen LogP contribution < -0.4 is 10.3 Å². The maximum Gasteiger partial charge on any atom is 0.343 e. The molecule has 0 bridgehead atoms. The number of aryl methyl sites for hydroxylation is 1. The van der Waals surface area contributed by atoms with Gasteiger partial charge >= 0.3 is 5.63 Å². The lowest BCUT2D eigenvalue weighted by Gasteiger charge is -2.22. The molecule has 2 N–H and O–H groups in total. The van der Waals surface area contributed by atoms with Gasteiger partial charge in [-0.3, -0.25) is 19.2 Å². The second-order valence-electron chi connectivity index (χ2n) is 11.1. The quantitative estimate of drug-likeness (QED) is 0.375. The van der Waals surface area contributed by atoms with E-state index in [4.69, 9.17) is 4.42 Å². The minimum Gasteiger partial charge on any atom is -0.507 e. The highest BCUT2D eigenvalue weighted by Gasteiger charge is 2.39. The first-order chi connectivity index (χ1) is 19.7. The summed E-state index contributed by atoms with van der Waals surface area (Å²) in [6.45, 7) is -0.282. The molecule has 0 spiro atoms. The van der Waals surface area contributed by atoms with E-state index in [9.17, 15) is 27.9 Å². The first-order valence-corrected chi connectivity index (χ1v) is 15.8. The van der Waals surface area contributed by atoms with Gasteiger partial charge in [-0.2, -0.15) is 0 Å². The Hall–Kier alpha value is -3.92. The zero-order valence-corrected chi connectivity index (χ0v) is 23.4. The minimum absolute atomic E-state index is 0.0157. The smallest absolute Gasteiger partial charge is 0.343 e. The fourth-order valence-corrected chi connectivity index (χ4v) is 7.09. The predicted octanol–water partition coefficient (Wildman–Crippen LogP) is 4.58. The van der Waals surface area contributed by atoms with Gasteiger partial charge < -0.3 is 9.52 Å². The number of nitrogens with zero attached hydrogens (tertiary/aromatic N) is 1. The van der Waals surface area contributed by atoms with Crippen LogP contribution in [0.4, 0.5) is 5.69 Å². The van der Waals surface area contributed by atoms with Gasteiger partial charge in [-0.15, -0.1) is 0 Å². The Morgan fingerprint density at radius 2 is 1.61 bits per heavy atom. The number of anilines is 1. The lowest BCUT2D eigenvalue weighted by molar-refractivity contribution is 0.0664. The monoisotopic (exact) mass is 576 g/mol. The van der Waals surface area contributed by atoms with Gasteiger partial charge in [-0.25, -0.2) is 13.2 Å². The number of hydrogen-bond donors (Lipinski definition) is 2. The molecule has 3 aliphatic rings. The molecule has 2 amide bonds. The SMILES string of the molecule is O=C1c2ccccc2C(=O)N1CCS(=O)(=O)Nc1cccc(C(c2c(O)c3c(oc2=O)CCCCCC3)C2CC2)c1. The highest BCUT2D eigenvalue weighted by atomic mass is 32.2. The molecule has 10 heteroatoms. The molecule has 1 fully saturated rings. The number of fused-ring (bicyclic) bond motifs is 2. The molecule has 2 heterocycles. The van der Waals surface area contributed by atoms with Crippen LogP contribution in [-0.4, -0.2) is 42.5 Å². The van der Waals surface area contributed by atoms with Gasteiger partial charge in [0.15, 0.2) is 0 Å². The first kappa shape index (κ1) is 27.3. The lowest BCUT2D eigenvalue weighted by Crippen LogP contribution is -2.35. The lowest BCUT2D eigenvalue weighted by atomic mass is 9.85. The van der Waals surface area contributed by atoms with E-state index in [1.807, 2.05) is 6.07 Å². The molecular formula is C31H32N2O7S. The summed E-state index contributed by atoms with van der Waals surface area (Å²) in [6.07, 6.45) is 7.02. The van der Waals surface area contributed by atoms with Gasteiger partial charge in [-0.1, -0.05) is 37.1 Å². The van der Waals surface area contributed by atoms with E-state index in [2.05, 4.69) is 4.72 Å². The van der Waals surface area contributed by atoms with Crippen LogP contribution in [0.5, 0.6) is 5.75 Å². The fraction of sp³-hybridized carbons (Fsp3) is 0.387. The van der Waals surface area contributed by atoms with E-state index >= 15 is 0 Å². The molecule has 0 saturated heterocycles. The third-order valence-corrected chi connectivity index (χ3v) is 9.55. The number of hydrogen-bond acceptors (Lipinski definition) is 7. The van der Waals surface area contributed by atoms with Crippen molar-refractivity contribution in [3.63, 3.8) is 0 Å². The van der Waals surface area contributed by atoms with Crippen molar-refractivity contribution in [2.45, 2.75) is 57.3 Å². The van der Waals surface area contributed by atoms with Gasteiger partial charge in [0.05, 0.1) is 22.4 Å². The molecular weight excluding hydrogens is 544 g/mol. The van der Waals surface area contributed by atoms with E-state index in [1.165, 1.54) is 0 Å². The van der Waals surface area contributed by atoms with Crippen molar-refractivity contribution in [1.82, 2.24) is 4.90 Å². The minimum atomic E-state index is -3.93. The van der Waals surface area contributed by atoms with E-state index in [0.717, 1.165) is 49.0 Å².